The summed E-state index contributed by atoms with van der Waals surface area (Å²) >= 11 is 0. The molecule has 0 saturated heterocycles. The van der Waals surface area contributed by atoms with Crippen molar-refractivity contribution in [2.75, 3.05) is 5.32 Å². The zero-order valence-corrected chi connectivity index (χ0v) is 14.9. The smallest absolute Gasteiger partial charge is 0.423 e. The van der Waals surface area contributed by atoms with Crippen molar-refractivity contribution in [1.82, 2.24) is 0 Å². The van der Waals surface area contributed by atoms with Gasteiger partial charge in [0, 0.05) is 12.1 Å². The van der Waals surface area contributed by atoms with E-state index in [-0.39, 0.29) is 5.91 Å². The number of nitrogens with one attached hydrogen (secondary N) is 1. The molecule has 0 aliphatic carbocycles. The van der Waals surface area contributed by atoms with Gasteiger partial charge in [-0.1, -0.05) is 60.7 Å². The van der Waals surface area contributed by atoms with Crippen LogP contribution in [-0.4, -0.2) is 18.0 Å². The van der Waals surface area contributed by atoms with Crippen LogP contribution in [0.5, 0.6) is 0 Å². The Kier molecular flexibility index (Phi) is 5.05. The van der Waals surface area contributed by atoms with E-state index in [1.54, 1.807) is 0 Å². The van der Waals surface area contributed by atoms with Crippen LogP contribution in [-0.2, 0) is 22.5 Å². The monoisotopic (exact) mass is 357 g/mol. The third kappa shape index (κ3) is 3.94. The number of aryl methyl sites for hydroxylation is 1. The lowest BCUT2D eigenvalue weighted by Crippen LogP contribution is -2.31. The van der Waals surface area contributed by atoms with Gasteiger partial charge in [-0.3, -0.25) is 4.79 Å². The summed E-state index contributed by atoms with van der Waals surface area (Å²) in [7, 11) is -0.884. The minimum absolute atomic E-state index is 0.0477. The molecule has 3 aromatic carbocycles. The van der Waals surface area contributed by atoms with Crippen LogP contribution in [0.1, 0.15) is 17.5 Å². The second kappa shape index (κ2) is 7.78. The van der Waals surface area contributed by atoms with Crippen molar-refractivity contribution in [3.8, 4) is 11.1 Å². The predicted molar refractivity (Wildman–Crippen MR) is 108 cm³/mol. The number of fused-ring (bicyclic) bond motifs is 1. The molecule has 0 atom stereocenters. The normalized spacial score (nSPS) is 12.7. The van der Waals surface area contributed by atoms with Gasteiger partial charge in [-0.15, -0.1) is 0 Å². The van der Waals surface area contributed by atoms with Crippen molar-refractivity contribution in [2.24, 2.45) is 0 Å². The molecule has 1 aliphatic rings. The molecule has 4 rings (SSSR count). The third-order valence-electron chi connectivity index (χ3n) is 4.83. The first kappa shape index (κ1) is 17.5. The topological polar surface area (TPSA) is 58.6 Å². The number of benzene rings is 3. The van der Waals surface area contributed by atoms with Crippen LogP contribution in [0.25, 0.3) is 11.1 Å². The van der Waals surface area contributed by atoms with Crippen LogP contribution in [0.3, 0.4) is 0 Å². The lowest BCUT2D eigenvalue weighted by atomic mass is 9.75. The highest BCUT2D eigenvalue weighted by Crippen LogP contribution is 2.21. The molecule has 27 heavy (non-hydrogen) atoms. The molecule has 0 aromatic heterocycles. The molecule has 0 saturated carbocycles. The Bertz CT molecular complexity index is 942. The first-order chi connectivity index (χ1) is 13.2. The summed E-state index contributed by atoms with van der Waals surface area (Å²) in [4.78, 5) is 12.3. The van der Waals surface area contributed by atoms with Crippen molar-refractivity contribution in [3.63, 3.8) is 0 Å². The summed E-state index contributed by atoms with van der Waals surface area (Å²) in [6.07, 6.45) is 0.918. The Morgan fingerprint density at radius 2 is 1.70 bits per heavy atom. The number of carbonyl (C=O) groups is 1. The van der Waals surface area contributed by atoms with E-state index in [0.717, 1.165) is 33.4 Å². The van der Waals surface area contributed by atoms with Crippen molar-refractivity contribution in [2.45, 2.75) is 19.4 Å². The van der Waals surface area contributed by atoms with Gasteiger partial charge < -0.3 is 15.0 Å². The van der Waals surface area contributed by atoms with Crippen LogP contribution in [0.15, 0.2) is 72.8 Å². The lowest BCUT2D eigenvalue weighted by Gasteiger charge is -2.09. The largest absolute Gasteiger partial charge is 0.492 e. The van der Waals surface area contributed by atoms with E-state index in [9.17, 15) is 9.82 Å². The fourth-order valence-corrected chi connectivity index (χ4v) is 3.43. The van der Waals surface area contributed by atoms with Crippen molar-refractivity contribution in [1.29, 1.82) is 0 Å². The van der Waals surface area contributed by atoms with Crippen LogP contribution >= 0.6 is 0 Å². The van der Waals surface area contributed by atoms with E-state index in [1.165, 1.54) is 0 Å². The van der Waals surface area contributed by atoms with Crippen molar-refractivity contribution in [3.05, 3.63) is 83.9 Å². The highest BCUT2D eigenvalue weighted by atomic mass is 16.5. The average Bonchev–Trinajstić information content (AvgIpc) is 3.09. The van der Waals surface area contributed by atoms with Crippen LogP contribution in [0.4, 0.5) is 5.69 Å². The maximum atomic E-state index is 12.3. The Morgan fingerprint density at radius 1 is 0.963 bits per heavy atom. The second-order valence-electron chi connectivity index (χ2n) is 6.64. The summed E-state index contributed by atoms with van der Waals surface area (Å²) < 4.78 is 5.27. The third-order valence-corrected chi connectivity index (χ3v) is 4.83. The fraction of sp³-hybridized carbons (Fsp3) is 0.136. The van der Waals surface area contributed by atoms with Gasteiger partial charge in [0.1, 0.15) is 0 Å². The average molecular weight is 357 g/mol. The van der Waals surface area contributed by atoms with E-state index in [4.69, 9.17) is 4.65 Å². The molecule has 1 amide bonds. The Hall–Kier alpha value is -2.89. The number of hydrogen-bond donors (Lipinski definition) is 2. The van der Waals surface area contributed by atoms with Gasteiger partial charge in [-0.25, -0.2) is 0 Å². The Balaban J connectivity index is 1.37. The first-order valence-corrected chi connectivity index (χ1v) is 9.06. The van der Waals surface area contributed by atoms with Gasteiger partial charge in [0.25, 0.3) is 0 Å². The molecule has 0 radical (unpaired) electrons. The quantitative estimate of drug-likeness (QED) is 0.690. The van der Waals surface area contributed by atoms with E-state index >= 15 is 0 Å². The van der Waals surface area contributed by atoms with Crippen molar-refractivity contribution >= 4 is 24.2 Å². The number of hydrogen-bond acceptors (Lipinski definition) is 3. The highest BCUT2D eigenvalue weighted by Gasteiger charge is 2.29. The zero-order valence-electron chi connectivity index (χ0n) is 14.9. The summed E-state index contributed by atoms with van der Waals surface area (Å²) in [5.74, 6) is -0.0477. The molecule has 3 aromatic rings. The first-order valence-electron chi connectivity index (χ1n) is 9.06. The van der Waals surface area contributed by atoms with E-state index in [2.05, 4.69) is 17.4 Å². The summed E-state index contributed by atoms with van der Waals surface area (Å²) in [6, 6.07) is 23.8. The number of amides is 1. The molecule has 1 heterocycles. The fourth-order valence-electron chi connectivity index (χ4n) is 3.43. The van der Waals surface area contributed by atoms with Crippen LogP contribution in [0.2, 0.25) is 0 Å². The molecule has 0 bridgehead atoms. The molecule has 0 spiro atoms. The number of anilines is 1. The SMILES string of the molecule is O=C(CCc1cccc2c1B(O)OC2)Nc1ccc(-c2ccccc2)cc1. The number of carbonyl (C=O) groups excluding carboxylic acids is 1. The van der Waals surface area contributed by atoms with Gasteiger partial charge in [0.2, 0.25) is 5.91 Å². The van der Waals surface area contributed by atoms with E-state index < -0.39 is 7.12 Å². The molecule has 5 heteroatoms. The summed E-state index contributed by atoms with van der Waals surface area (Å²) in [5, 5.41) is 12.9. The molecule has 1 aliphatic heterocycles. The van der Waals surface area contributed by atoms with Gasteiger partial charge >= 0.3 is 7.12 Å². The zero-order chi connectivity index (χ0) is 18.6. The minimum atomic E-state index is -0.884. The van der Waals surface area contributed by atoms with Gasteiger partial charge in [0.05, 0.1) is 6.61 Å². The maximum Gasteiger partial charge on any atom is 0.492 e. The van der Waals surface area contributed by atoms with Crippen LogP contribution < -0.4 is 10.8 Å². The highest BCUT2D eigenvalue weighted by molar-refractivity contribution is 6.62. The predicted octanol–water partition coefficient (Wildman–Crippen LogP) is 3.14. The molecule has 4 nitrogen and oxygen atoms in total. The molecule has 0 fully saturated rings. The molecular weight excluding hydrogens is 337 g/mol. The standard InChI is InChI=1S/C22H20BNO3/c25-21(14-11-18-7-4-8-19-15-27-23(26)22(18)19)24-20-12-9-17(10-13-20)16-5-2-1-3-6-16/h1-10,12-13,26H,11,14-15H2,(H,24,25). The van der Waals surface area contributed by atoms with Gasteiger partial charge in [-0.2, -0.15) is 0 Å². The molecular formula is C22H20BNO3. The number of rotatable bonds is 5. The molecule has 0 unspecified atom stereocenters. The van der Waals surface area contributed by atoms with E-state index in [0.29, 0.717) is 19.4 Å². The van der Waals surface area contributed by atoms with Crippen molar-refractivity contribution < 1.29 is 14.5 Å². The Morgan fingerprint density at radius 3 is 2.48 bits per heavy atom. The minimum Gasteiger partial charge on any atom is -0.423 e. The summed E-state index contributed by atoms with van der Waals surface area (Å²) in [6.45, 7) is 0.421. The summed E-state index contributed by atoms with van der Waals surface area (Å²) in [5.41, 5.74) is 5.82. The Labute approximate surface area is 159 Å². The molecule has 2 N–H and O–H groups in total. The lowest BCUT2D eigenvalue weighted by molar-refractivity contribution is -0.116. The van der Waals surface area contributed by atoms with Gasteiger partial charge in [0.15, 0.2) is 0 Å². The van der Waals surface area contributed by atoms with Gasteiger partial charge in [-0.05, 0) is 46.3 Å². The van der Waals surface area contributed by atoms with E-state index in [1.807, 2.05) is 60.7 Å². The second-order valence-corrected chi connectivity index (χ2v) is 6.64. The maximum absolute atomic E-state index is 12.3. The van der Waals surface area contributed by atoms with Crippen LogP contribution in [0, 0.1) is 0 Å². The molecule has 134 valence electrons.